The Hall–Kier alpha value is -3.17. The molecule has 0 spiro atoms. The van der Waals surface area contributed by atoms with Crippen LogP contribution in [0.2, 0.25) is 0 Å². The van der Waals surface area contributed by atoms with Gasteiger partial charge in [-0.2, -0.15) is 0 Å². The fourth-order valence-corrected chi connectivity index (χ4v) is 1.51. The molecule has 1 aromatic carbocycles. The van der Waals surface area contributed by atoms with Gasteiger partial charge in [0.05, 0.1) is 15.2 Å². The molecule has 0 aliphatic heterocycles. The first-order valence-corrected chi connectivity index (χ1v) is 4.64. The molecule has 19 heavy (non-hydrogen) atoms. The lowest BCUT2D eigenvalue weighted by atomic mass is 10.1. The van der Waals surface area contributed by atoms with Crippen molar-refractivity contribution in [3.05, 3.63) is 42.8 Å². The summed E-state index contributed by atoms with van der Waals surface area (Å²) in [5.74, 6) is -1.85. The minimum absolute atomic E-state index is 0.406. The van der Waals surface area contributed by atoms with E-state index in [1.165, 1.54) is 0 Å². The molecule has 1 aromatic heterocycles. The minimum atomic E-state index is -1.43. The van der Waals surface area contributed by atoms with E-state index < -0.39 is 49.3 Å². The number of phenolic OH excluding ortho intramolecular Hbond substituents is 1. The van der Waals surface area contributed by atoms with E-state index in [4.69, 9.17) is 0 Å². The maximum Gasteiger partial charge on any atom is 0.419 e. The summed E-state index contributed by atoms with van der Waals surface area (Å²) in [6.45, 7) is 0. The molecule has 0 unspecified atom stereocenters. The fourth-order valence-electron chi connectivity index (χ4n) is 1.51. The molecular formula is C9H4N2O8. The second-order valence-corrected chi connectivity index (χ2v) is 3.44. The topological polar surface area (TPSA) is 157 Å². The summed E-state index contributed by atoms with van der Waals surface area (Å²) in [7, 11) is 0. The van der Waals surface area contributed by atoms with Crippen molar-refractivity contribution >= 4 is 22.3 Å². The minimum Gasteiger partial charge on any atom is -0.502 e. The number of hydrogen-bond donors (Lipinski definition) is 2. The Morgan fingerprint density at radius 2 is 1.74 bits per heavy atom. The first kappa shape index (κ1) is 12.3. The second-order valence-electron chi connectivity index (χ2n) is 3.44. The van der Waals surface area contributed by atoms with Crippen molar-refractivity contribution in [2.24, 2.45) is 0 Å². The second kappa shape index (κ2) is 3.94. The lowest BCUT2D eigenvalue weighted by Crippen LogP contribution is -2.07. The van der Waals surface area contributed by atoms with Gasteiger partial charge in [-0.3, -0.25) is 20.2 Å². The summed E-state index contributed by atoms with van der Waals surface area (Å²) in [5.41, 5.74) is -3.85. The third kappa shape index (κ3) is 1.80. The molecule has 2 N–H and O–H groups in total. The standard InChI is InChI=1S/C9H4N2O8/c12-5-2-6-3(1-4(5)10(15)16)8(13)7(11(17)18)9(14)19-6/h1-2,12-13H. The van der Waals surface area contributed by atoms with E-state index in [1.807, 2.05) is 0 Å². The number of rotatable bonds is 2. The van der Waals surface area contributed by atoms with Crippen LogP contribution in [0.3, 0.4) is 0 Å². The van der Waals surface area contributed by atoms with Gasteiger partial charge in [0.1, 0.15) is 5.58 Å². The highest BCUT2D eigenvalue weighted by atomic mass is 16.6. The molecule has 0 radical (unpaired) electrons. The molecule has 0 aliphatic rings. The molecule has 2 rings (SSSR count). The molecule has 10 nitrogen and oxygen atoms in total. The molecule has 0 atom stereocenters. The number of aromatic hydroxyl groups is 2. The molecule has 0 saturated heterocycles. The fraction of sp³-hybridized carbons (Fsp3) is 0. The third-order valence-electron chi connectivity index (χ3n) is 2.33. The van der Waals surface area contributed by atoms with E-state index in [0.29, 0.717) is 6.07 Å². The Morgan fingerprint density at radius 1 is 1.11 bits per heavy atom. The van der Waals surface area contributed by atoms with Gasteiger partial charge in [-0.05, 0) is 0 Å². The van der Waals surface area contributed by atoms with Crippen molar-refractivity contribution in [1.82, 2.24) is 0 Å². The Kier molecular flexibility index (Phi) is 2.55. The van der Waals surface area contributed by atoms with Gasteiger partial charge in [-0.25, -0.2) is 4.79 Å². The van der Waals surface area contributed by atoms with Crippen LogP contribution < -0.4 is 5.63 Å². The lowest BCUT2D eigenvalue weighted by Gasteiger charge is -2.02. The van der Waals surface area contributed by atoms with Gasteiger partial charge in [-0.15, -0.1) is 0 Å². The van der Waals surface area contributed by atoms with Crippen LogP contribution in [0.4, 0.5) is 11.4 Å². The highest BCUT2D eigenvalue weighted by molar-refractivity contribution is 5.90. The zero-order valence-electron chi connectivity index (χ0n) is 8.89. The molecule has 10 heteroatoms. The van der Waals surface area contributed by atoms with Crippen molar-refractivity contribution in [2.75, 3.05) is 0 Å². The summed E-state index contributed by atoms with van der Waals surface area (Å²) in [6.07, 6.45) is 0. The van der Waals surface area contributed by atoms with Crippen LogP contribution in [0.15, 0.2) is 21.3 Å². The SMILES string of the molecule is O=c1oc2cc(O)c([N+](=O)[O-])cc2c(O)c1[N+](=O)[O-]. The predicted octanol–water partition coefficient (Wildman–Crippen LogP) is 1.02. The van der Waals surface area contributed by atoms with Gasteiger partial charge in [0.2, 0.25) is 5.75 Å². The van der Waals surface area contributed by atoms with Crippen molar-refractivity contribution in [1.29, 1.82) is 0 Å². The van der Waals surface area contributed by atoms with E-state index in [0.717, 1.165) is 6.07 Å². The first-order chi connectivity index (χ1) is 8.82. The molecule has 0 bridgehead atoms. The van der Waals surface area contributed by atoms with Crippen molar-refractivity contribution < 1.29 is 24.5 Å². The predicted molar refractivity (Wildman–Crippen MR) is 59.1 cm³/mol. The zero-order chi connectivity index (χ0) is 14.3. The number of benzene rings is 1. The largest absolute Gasteiger partial charge is 0.502 e. The summed E-state index contributed by atoms with van der Waals surface area (Å²) >= 11 is 0. The Balaban J connectivity index is 2.95. The van der Waals surface area contributed by atoms with Gasteiger partial charge < -0.3 is 14.6 Å². The summed E-state index contributed by atoms with van der Waals surface area (Å²) in [4.78, 5) is 30.3. The Bertz CT molecular complexity index is 778. The van der Waals surface area contributed by atoms with Crippen LogP contribution in [0, 0.1) is 20.2 Å². The maximum atomic E-state index is 11.2. The zero-order valence-corrected chi connectivity index (χ0v) is 8.89. The molecule has 0 fully saturated rings. The van der Waals surface area contributed by atoms with Crippen molar-refractivity contribution in [3.63, 3.8) is 0 Å². The number of nitro groups is 2. The van der Waals surface area contributed by atoms with E-state index in [9.17, 15) is 35.2 Å². The van der Waals surface area contributed by atoms with Crippen molar-refractivity contribution in [2.45, 2.75) is 0 Å². The van der Waals surface area contributed by atoms with Gasteiger partial charge in [0.25, 0.3) is 0 Å². The average Bonchev–Trinajstić information content (AvgIpc) is 2.26. The van der Waals surface area contributed by atoms with Gasteiger partial charge in [0, 0.05) is 12.1 Å². The van der Waals surface area contributed by atoms with Gasteiger partial charge in [0.15, 0.2) is 5.75 Å². The lowest BCUT2D eigenvalue weighted by molar-refractivity contribution is -0.388. The number of phenols is 1. The first-order valence-electron chi connectivity index (χ1n) is 4.64. The van der Waals surface area contributed by atoms with Crippen LogP contribution in [0.5, 0.6) is 11.5 Å². The van der Waals surface area contributed by atoms with Crippen LogP contribution >= 0.6 is 0 Å². The Morgan fingerprint density at radius 3 is 2.26 bits per heavy atom. The molecule has 0 saturated carbocycles. The molecule has 0 amide bonds. The van der Waals surface area contributed by atoms with Crippen molar-refractivity contribution in [3.8, 4) is 11.5 Å². The molecule has 2 aromatic rings. The monoisotopic (exact) mass is 268 g/mol. The van der Waals surface area contributed by atoms with Crippen LogP contribution in [-0.4, -0.2) is 20.1 Å². The number of nitro benzene ring substituents is 1. The van der Waals surface area contributed by atoms with Gasteiger partial charge >= 0.3 is 17.0 Å². The number of hydrogen-bond acceptors (Lipinski definition) is 8. The van der Waals surface area contributed by atoms with E-state index in [1.54, 1.807) is 0 Å². The third-order valence-corrected chi connectivity index (χ3v) is 2.33. The number of fused-ring (bicyclic) bond motifs is 1. The maximum absolute atomic E-state index is 11.2. The van der Waals surface area contributed by atoms with Gasteiger partial charge in [-0.1, -0.05) is 0 Å². The normalized spacial score (nSPS) is 10.5. The average molecular weight is 268 g/mol. The molecule has 1 heterocycles. The van der Waals surface area contributed by atoms with E-state index in [-0.39, 0.29) is 0 Å². The van der Waals surface area contributed by atoms with E-state index >= 15 is 0 Å². The Labute approximate surface area is 102 Å². The smallest absolute Gasteiger partial charge is 0.419 e. The quantitative estimate of drug-likeness (QED) is 0.464. The van der Waals surface area contributed by atoms with E-state index in [2.05, 4.69) is 4.42 Å². The number of nitrogens with zero attached hydrogens (tertiary/aromatic N) is 2. The van der Waals surface area contributed by atoms with Crippen LogP contribution in [0.25, 0.3) is 11.0 Å². The van der Waals surface area contributed by atoms with Crippen LogP contribution in [-0.2, 0) is 0 Å². The highest BCUT2D eigenvalue weighted by Crippen LogP contribution is 2.37. The summed E-state index contributed by atoms with van der Waals surface area (Å²) < 4.78 is 4.51. The molecular weight excluding hydrogens is 264 g/mol. The summed E-state index contributed by atoms with van der Waals surface area (Å²) in [5, 5.41) is 39.7. The van der Waals surface area contributed by atoms with Crippen LogP contribution in [0.1, 0.15) is 0 Å². The highest BCUT2D eigenvalue weighted by Gasteiger charge is 2.27. The summed E-state index contributed by atoms with van der Waals surface area (Å²) in [6, 6.07) is 1.40. The molecule has 98 valence electrons. The molecule has 0 aliphatic carbocycles.